The second-order valence-corrected chi connectivity index (χ2v) is 9.32. The molecule has 5 rings (SSSR count). The van der Waals surface area contributed by atoms with Crippen LogP contribution in [0.25, 0.3) is 22.8 Å². The van der Waals surface area contributed by atoms with Crippen molar-refractivity contribution in [3.8, 4) is 22.8 Å². The fourth-order valence-electron chi connectivity index (χ4n) is 4.16. The van der Waals surface area contributed by atoms with Gasteiger partial charge in [0.05, 0.1) is 22.5 Å². The van der Waals surface area contributed by atoms with Crippen LogP contribution in [-0.2, 0) is 32.3 Å². The lowest BCUT2D eigenvalue weighted by molar-refractivity contribution is -0.147. The SMILES string of the molecule is CC1NC(=O)c2ccccc2-c2n[nH]c(n2)-c2ccccc2C(=O)N[C@@H](C)C(=O)OCc2cccc(n2)COC1=O. The number of carbonyl (C=O) groups excluding carboxylic acids is 4. The number of H-pyrrole nitrogens is 1. The van der Waals surface area contributed by atoms with Crippen LogP contribution in [0.5, 0.6) is 0 Å². The molecule has 1 aliphatic rings. The van der Waals surface area contributed by atoms with Gasteiger partial charge in [0, 0.05) is 11.1 Å². The standard InChI is InChI=1S/C29H26N6O6/c1-16-28(38)40-14-18-8-7-9-19(32-18)15-41-29(39)17(2)31-27(37)23-13-6-4-11-21(23)25-33-24(34-35-25)20-10-3-5-12-22(20)26(36)30-16/h3-13,16-17H,14-15H2,1-2H3,(H,30,36)(H,31,37)(H,33,34,35)/t16-,17?/m0/s1. The Morgan fingerprint density at radius 3 is 1.68 bits per heavy atom. The summed E-state index contributed by atoms with van der Waals surface area (Å²) in [4.78, 5) is 60.5. The normalized spacial score (nSPS) is 18.3. The lowest BCUT2D eigenvalue weighted by Gasteiger charge is -2.15. The monoisotopic (exact) mass is 554 g/mol. The average Bonchev–Trinajstić information content (AvgIpc) is 3.48. The first-order valence-corrected chi connectivity index (χ1v) is 12.8. The van der Waals surface area contributed by atoms with Crippen molar-refractivity contribution in [2.75, 3.05) is 0 Å². The number of pyridine rings is 1. The Morgan fingerprint density at radius 1 is 0.634 bits per heavy atom. The lowest BCUT2D eigenvalue weighted by atomic mass is 10.0. The van der Waals surface area contributed by atoms with Gasteiger partial charge < -0.3 is 20.1 Å². The van der Waals surface area contributed by atoms with Crippen molar-refractivity contribution in [2.45, 2.75) is 39.1 Å². The number of carbonyl (C=O) groups is 4. The third-order valence-electron chi connectivity index (χ3n) is 6.32. The van der Waals surface area contributed by atoms with Crippen molar-refractivity contribution in [3.05, 3.63) is 89.2 Å². The van der Waals surface area contributed by atoms with E-state index in [1.54, 1.807) is 66.7 Å². The van der Waals surface area contributed by atoms with Crippen LogP contribution in [0.3, 0.4) is 0 Å². The van der Waals surface area contributed by atoms with Crippen LogP contribution in [0.2, 0.25) is 0 Å². The highest BCUT2D eigenvalue weighted by atomic mass is 16.5. The van der Waals surface area contributed by atoms with Crippen LogP contribution in [0.15, 0.2) is 66.7 Å². The van der Waals surface area contributed by atoms with Crippen molar-refractivity contribution in [1.29, 1.82) is 0 Å². The first-order valence-electron chi connectivity index (χ1n) is 12.8. The molecule has 3 N–H and O–H groups in total. The molecule has 3 heterocycles. The summed E-state index contributed by atoms with van der Waals surface area (Å²) in [6, 6.07) is 16.5. The summed E-state index contributed by atoms with van der Waals surface area (Å²) in [5.41, 5.74) is 2.20. The number of ether oxygens (including phenoxy) is 2. The Kier molecular flexibility index (Phi) is 7.81. The molecule has 12 heteroatoms. The second kappa shape index (κ2) is 11.8. The highest BCUT2D eigenvalue weighted by molar-refractivity contribution is 6.03. The van der Waals surface area contributed by atoms with Gasteiger partial charge in [0.1, 0.15) is 25.3 Å². The molecule has 41 heavy (non-hydrogen) atoms. The van der Waals surface area contributed by atoms with E-state index in [9.17, 15) is 19.2 Å². The quantitative estimate of drug-likeness (QED) is 0.277. The summed E-state index contributed by atoms with van der Waals surface area (Å²) in [5, 5.41) is 12.4. The van der Waals surface area contributed by atoms with Gasteiger partial charge >= 0.3 is 11.9 Å². The smallest absolute Gasteiger partial charge is 0.328 e. The number of rotatable bonds is 0. The molecular formula is C29H26N6O6. The summed E-state index contributed by atoms with van der Waals surface area (Å²) in [6.07, 6.45) is 0. The number of fused-ring (bicyclic) bond motifs is 8. The third kappa shape index (κ3) is 6.11. The molecule has 2 atom stereocenters. The van der Waals surface area contributed by atoms with E-state index in [2.05, 4.69) is 30.8 Å². The van der Waals surface area contributed by atoms with E-state index in [-0.39, 0.29) is 36.0 Å². The molecule has 1 aliphatic heterocycles. The molecule has 0 saturated heterocycles. The molecule has 0 aliphatic carbocycles. The zero-order chi connectivity index (χ0) is 28.9. The van der Waals surface area contributed by atoms with E-state index >= 15 is 0 Å². The van der Waals surface area contributed by atoms with E-state index in [0.29, 0.717) is 22.5 Å². The molecule has 4 aromatic rings. The van der Waals surface area contributed by atoms with Crippen molar-refractivity contribution in [3.63, 3.8) is 0 Å². The summed E-state index contributed by atoms with van der Waals surface area (Å²) in [5.74, 6) is -1.85. The molecule has 0 radical (unpaired) electrons. The van der Waals surface area contributed by atoms with Crippen LogP contribution in [0.1, 0.15) is 46.0 Å². The first-order chi connectivity index (χ1) is 19.8. The van der Waals surface area contributed by atoms with Gasteiger partial charge in [-0.25, -0.2) is 14.6 Å². The molecule has 1 unspecified atom stereocenters. The lowest BCUT2D eigenvalue weighted by Crippen LogP contribution is -2.39. The van der Waals surface area contributed by atoms with Crippen LogP contribution in [0.4, 0.5) is 0 Å². The Balaban J connectivity index is 1.51. The van der Waals surface area contributed by atoms with Gasteiger partial charge in [0.15, 0.2) is 11.6 Å². The van der Waals surface area contributed by atoms with E-state index in [4.69, 9.17) is 9.47 Å². The van der Waals surface area contributed by atoms with Gasteiger partial charge in [0.2, 0.25) is 0 Å². The molecule has 0 saturated carbocycles. The van der Waals surface area contributed by atoms with Crippen molar-refractivity contribution in [2.24, 2.45) is 0 Å². The fourth-order valence-corrected chi connectivity index (χ4v) is 4.16. The molecule has 0 spiro atoms. The summed E-state index contributed by atoms with van der Waals surface area (Å²) in [7, 11) is 0. The minimum Gasteiger partial charge on any atom is -0.458 e. The largest absolute Gasteiger partial charge is 0.458 e. The molecule has 2 amide bonds. The number of cyclic esters (lactones) is 2. The number of aromatic amines is 1. The number of hydrogen-bond acceptors (Lipinski definition) is 9. The summed E-state index contributed by atoms with van der Waals surface area (Å²) < 4.78 is 10.7. The highest BCUT2D eigenvalue weighted by Crippen LogP contribution is 2.25. The summed E-state index contributed by atoms with van der Waals surface area (Å²) in [6.45, 7) is 2.73. The number of nitrogens with zero attached hydrogens (tertiary/aromatic N) is 3. The van der Waals surface area contributed by atoms with Crippen molar-refractivity contribution in [1.82, 2.24) is 30.8 Å². The van der Waals surface area contributed by atoms with Gasteiger partial charge in [-0.05, 0) is 38.1 Å². The number of benzene rings is 2. The van der Waals surface area contributed by atoms with Gasteiger partial charge in [-0.2, -0.15) is 5.10 Å². The maximum Gasteiger partial charge on any atom is 0.328 e. The van der Waals surface area contributed by atoms with Gasteiger partial charge in [-0.15, -0.1) is 0 Å². The third-order valence-corrected chi connectivity index (χ3v) is 6.32. The topological polar surface area (TPSA) is 165 Å². The zero-order valence-electron chi connectivity index (χ0n) is 22.2. The Labute approximate surface area is 234 Å². The van der Waals surface area contributed by atoms with Crippen LogP contribution >= 0.6 is 0 Å². The molecule has 2 aromatic heterocycles. The van der Waals surface area contributed by atoms with Gasteiger partial charge in [0.25, 0.3) is 11.8 Å². The molecule has 208 valence electrons. The minimum absolute atomic E-state index is 0.149. The second-order valence-electron chi connectivity index (χ2n) is 9.32. The van der Waals surface area contributed by atoms with Gasteiger partial charge in [-0.3, -0.25) is 19.7 Å². The maximum atomic E-state index is 13.2. The van der Waals surface area contributed by atoms with E-state index in [1.807, 2.05) is 0 Å². The highest BCUT2D eigenvalue weighted by Gasteiger charge is 2.24. The van der Waals surface area contributed by atoms with Crippen LogP contribution in [0, 0.1) is 0 Å². The number of aromatic nitrogens is 4. The van der Waals surface area contributed by atoms with E-state index < -0.39 is 35.8 Å². The molecule has 12 nitrogen and oxygen atoms in total. The van der Waals surface area contributed by atoms with Crippen molar-refractivity contribution >= 4 is 23.8 Å². The number of nitrogens with one attached hydrogen (secondary N) is 3. The van der Waals surface area contributed by atoms with Crippen molar-refractivity contribution < 1.29 is 28.7 Å². The molecular weight excluding hydrogens is 528 g/mol. The Bertz CT molecular complexity index is 1520. The average molecular weight is 555 g/mol. The Hall–Kier alpha value is -5.39. The molecule has 0 fully saturated rings. The number of amides is 2. The van der Waals surface area contributed by atoms with Crippen LogP contribution < -0.4 is 10.6 Å². The number of hydrogen-bond donors (Lipinski definition) is 3. The number of esters is 2. The van der Waals surface area contributed by atoms with E-state index in [0.717, 1.165) is 0 Å². The predicted molar refractivity (Wildman–Crippen MR) is 145 cm³/mol. The van der Waals surface area contributed by atoms with Crippen LogP contribution in [-0.4, -0.2) is 56.0 Å². The predicted octanol–water partition coefficient (Wildman–Crippen LogP) is 2.57. The maximum absolute atomic E-state index is 13.2. The first kappa shape index (κ1) is 27.2. The summed E-state index contributed by atoms with van der Waals surface area (Å²) >= 11 is 0. The molecule has 2 aromatic carbocycles. The fraction of sp³-hybridized carbons (Fsp3) is 0.207. The molecule has 4 bridgehead atoms. The minimum atomic E-state index is -0.966. The van der Waals surface area contributed by atoms with E-state index in [1.165, 1.54) is 13.8 Å². The van der Waals surface area contributed by atoms with Gasteiger partial charge in [-0.1, -0.05) is 42.5 Å². The zero-order valence-corrected chi connectivity index (χ0v) is 22.2. The Morgan fingerprint density at radius 2 is 1.12 bits per heavy atom.